The molecule has 1 aromatic heterocycles. The van der Waals surface area contributed by atoms with Gasteiger partial charge in [0.25, 0.3) is 0 Å². The van der Waals surface area contributed by atoms with E-state index in [2.05, 4.69) is 17.2 Å². The van der Waals surface area contributed by atoms with E-state index in [9.17, 15) is 9.18 Å². The maximum absolute atomic E-state index is 13.3. The molecule has 0 bridgehead atoms. The summed E-state index contributed by atoms with van der Waals surface area (Å²) in [5, 5.41) is 5.77. The average molecular weight is 346 g/mol. The van der Waals surface area contributed by atoms with Crippen LogP contribution in [0.5, 0.6) is 0 Å². The molecule has 128 valence electrons. The minimum absolute atomic E-state index is 0.0334. The van der Waals surface area contributed by atoms with Crippen molar-refractivity contribution < 1.29 is 9.18 Å². The standard InChI is InChI=1S/C19H23FN2OS/c1-2-13-6-8-16(9-7-13)21-18(23)11-17-12-24-19(22-17)14-4-3-5-15(20)10-14/h3-5,10,12-13,16H,2,6-9,11H2,1H3,(H,21,23). The monoisotopic (exact) mass is 346 g/mol. The smallest absolute Gasteiger partial charge is 0.226 e. The van der Waals surface area contributed by atoms with Crippen LogP contribution in [-0.2, 0) is 11.2 Å². The molecule has 1 aliphatic rings. The Bertz CT molecular complexity index is 692. The second-order valence-corrected chi connectivity index (χ2v) is 7.38. The number of carbonyl (C=O) groups is 1. The molecule has 1 aromatic carbocycles. The van der Waals surface area contributed by atoms with E-state index in [0.717, 1.165) is 35.0 Å². The molecule has 1 fully saturated rings. The molecule has 0 saturated heterocycles. The van der Waals surface area contributed by atoms with Gasteiger partial charge in [0.1, 0.15) is 10.8 Å². The zero-order chi connectivity index (χ0) is 16.9. The zero-order valence-electron chi connectivity index (χ0n) is 13.9. The highest BCUT2D eigenvalue weighted by molar-refractivity contribution is 7.13. The van der Waals surface area contributed by atoms with Crippen LogP contribution in [0.3, 0.4) is 0 Å². The van der Waals surface area contributed by atoms with Gasteiger partial charge in [0, 0.05) is 17.0 Å². The second-order valence-electron chi connectivity index (χ2n) is 6.52. The van der Waals surface area contributed by atoms with Gasteiger partial charge >= 0.3 is 0 Å². The number of halogens is 1. The minimum atomic E-state index is -0.273. The first-order valence-electron chi connectivity index (χ1n) is 8.63. The van der Waals surface area contributed by atoms with Gasteiger partial charge in [0.05, 0.1) is 12.1 Å². The van der Waals surface area contributed by atoms with Crippen LogP contribution < -0.4 is 5.32 Å². The topological polar surface area (TPSA) is 42.0 Å². The van der Waals surface area contributed by atoms with E-state index in [4.69, 9.17) is 0 Å². The van der Waals surface area contributed by atoms with Crippen LogP contribution >= 0.6 is 11.3 Å². The number of hydrogen-bond donors (Lipinski definition) is 1. The van der Waals surface area contributed by atoms with Crippen molar-refractivity contribution in [1.29, 1.82) is 0 Å². The highest BCUT2D eigenvalue weighted by Crippen LogP contribution is 2.27. The van der Waals surface area contributed by atoms with Crippen molar-refractivity contribution in [2.45, 2.75) is 51.5 Å². The van der Waals surface area contributed by atoms with Crippen molar-refractivity contribution >= 4 is 17.2 Å². The molecular weight excluding hydrogens is 323 g/mol. The molecule has 1 amide bonds. The van der Waals surface area contributed by atoms with Crippen LogP contribution in [0.15, 0.2) is 29.6 Å². The molecule has 0 unspecified atom stereocenters. The lowest BCUT2D eigenvalue weighted by atomic mass is 9.84. The molecule has 3 rings (SSSR count). The maximum Gasteiger partial charge on any atom is 0.226 e. The van der Waals surface area contributed by atoms with Crippen molar-refractivity contribution in [1.82, 2.24) is 10.3 Å². The average Bonchev–Trinajstić information content (AvgIpc) is 3.04. The van der Waals surface area contributed by atoms with E-state index in [1.807, 2.05) is 11.4 Å². The highest BCUT2D eigenvalue weighted by Gasteiger charge is 2.21. The molecule has 0 radical (unpaired) electrons. The third kappa shape index (κ3) is 4.41. The predicted octanol–water partition coefficient (Wildman–Crippen LogP) is 4.58. The molecule has 24 heavy (non-hydrogen) atoms. The van der Waals surface area contributed by atoms with Crippen LogP contribution in [0.25, 0.3) is 10.6 Å². The van der Waals surface area contributed by atoms with Gasteiger partial charge in [0.2, 0.25) is 5.91 Å². The molecule has 0 spiro atoms. The van der Waals surface area contributed by atoms with E-state index < -0.39 is 0 Å². The molecule has 1 saturated carbocycles. The number of nitrogens with zero attached hydrogens (tertiary/aromatic N) is 1. The summed E-state index contributed by atoms with van der Waals surface area (Å²) in [5.41, 5.74) is 1.50. The fourth-order valence-electron chi connectivity index (χ4n) is 3.30. The summed E-state index contributed by atoms with van der Waals surface area (Å²) >= 11 is 1.44. The van der Waals surface area contributed by atoms with E-state index in [1.54, 1.807) is 6.07 Å². The first kappa shape index (κ1) is 17.1. The van der Waals surface area contributed by atoms with Gasteiger partial charge in [-0.05, 0) is 43.7 Å². The highest BCUT2D eigenvalue weighted by atomic mass is 32.1. The van der Waals surface area contributed by atoms with Crippen molar-refractivity contribution in [2.24, 2.45) is 5.92 Å². The Hall–Kier alpha value is -1.75. The number of thiazole rings is 1. The molecule has 1 N–H and O–H groups in total. The number of carbonyl (C=O) groups excluding carboxylic acids is 1. The summed E-state index contributed by atoms with van der Waals surface area (Å²) in [6.07, 6.45) is 6.11. The molecule has 2 aromatic rings. The largest absolute Gasteiger partial charge is 0.353 e. The Morgan fingerprint density at radius 2 is 2.12 bits per heavy atom. The number of aromatic nitrogens is 1. The molecule has 1 aliphatic carbocycles. The number of benzene rings is 1. The van der Waals surface area contributed by atoms with Gasteiger partial charge in [-0.2, -0.15) is 0 Å². The molecule has 0 aliphatic heterocycles. The summed E-state index contributed by atoms with van der Waals surface area (Å²) in [4.78, 5) is 16.7. The fourth-order valence-corrected chi connectivity index (χ4v) is 4.12. The molecular formula is C19H23FN2OS. The summed E-state index contributed by atoms with van der Waals surface area (Å²) < 4.78 is 13.3. The molecule has 1 heterocycles. The Morgan fingerprint density at radius 1 is 1.33 bits per heavy atom. The van der Waals surface area contributed by atoms with Gasteiger partial charge in [-0.3, -0.25) is 4.79 Å². The summed E-state index contributed by atoms with van der Waals surface area (Å²) in [7, 11) is 0. The lowest BCUT2D eigenvalue weighted by Gasteiger charge is -2.28. The normalized spacial score (nSPS) is 20.8. The van der Waals surface area contributed by atoms with E-state index in [1.165, 1.54) is 42.7 Å². The molecule has 5 heteroatoms. The number of hydrogen-bond acceptors (Lipinski definition) is 3. The quantitative estimate of drug-likeness (QED) is 0.861. The third-order valence-electron chi connectivity index (χ3n) is 4.75. The molecule has 0 atom stereocenters. The lowest BCUT2D eigenvalue weighted by Crippen LogP contribution is -2.38. The van der Waals surface area contributed by atoms with Gasteiger partial charge < -0.3 is 5.32 Å². The Labute approximate surface area is 146 Å². The first-order chi connectivity index (χ1) is 11.6. The number of nitrogens with one attached hydrogen (secondary N) is 1. The first-order valence-corrected chi connectivity index (χ1v) is 9.51. The predicted molar refractivity (Wildman–Crippen MR) is 95.4 cm³/mol. The van der Waals surface area contributed by atoms with Gasteiger partial charge in [-0.1, -0.05) is 25.5 Å². The summed E-state index contributed by atoms with van der Waals surface area (Å²) in [6.45, 7) is 2.24. The second kappa shape index (κ2) is 7.88. The van der Waals surface area contributed by atoms with Gasteiger partial charge in [0.15, 0.2) is 0 Å². The van der Waals surface area contributed by atoms with Crippen LogP contribution in [-0.4, -0.2) is 16.9 Å². The van der Waals surface area contributed by atoms with Crippen molar-refractivity contribution in [3.05, 3.63) is 41.2 Å². The molecule has 3 nitrogen and oxygen atoms in total. The zero-order valence-corrected chi connectivity index (χ0v) is 14.7. The Kier molecular flexibility index (Phi) is 5.61. The van der Waals surface area contributed by atoms with Gasteiger partial charge in [-0.25, -0.2) is 9.37 Å². The SMILES string of the molecule is CCC1CCC(NC(=O)Cc2csc(-c3cccc(F)c3)n2)CC1. The van der Waals surface area contributed by atoms with Gasteiger partial charge in [-0.15, -0.1) is 11.3 Å². The van der Waals surface area contributed by atoms with Crippen LogP contribution in [0.1, 0.15) is 44.7 Å². The van der Waals surface area contributed by atoms with E-state index in [-0.39, 0.29) is 11.7 Å². The van der Waals surface area contributed by atoms with Crippen molar-refractivity contribution in [2.75, 3.05) is 0 Å². The van der Waals surface area contributed by atoms with Crippen molar-refractivity contribution in [3.8, 4) is 10.6 Å². The van der Waals surface area contributed by atoms with Crippen LogP contribution in [0, 0.1) is 11.7 Å². The van der Waals surface area contributed by atoms with Crippen molar-refractivity contribution in [3.63, 3.8) is 0 Å². The fraction of sp³-hybridized carbons (Fsp3) is 0.474. The Balaban J connectivity index is 1.54. The van der Waals surface area contributed by atoms with Crippen LogP contribution in [0.4, 0.5) is 4.39 Å². The number of rotatable bonds is 5. The minimum Gasteiger partial charge on any atom is -0.353 e. The van der Waals surface area contributed by atoms with E-state index >= 15 is 0 Å². The summed E-state index contributed by atoms with van der Waals surface area (Å²) in [6, 6.07) is 6.69. The maximum atomic E-state index is 13.3. The third-order valence-corrected chi connectivity index (χ3v) is 5.69. The summed E-state index contributed by atoms with van der Waals surface area (Å²) in [5.74, 6) is 0.584. The lowest BCUT2D eigenvalue weighted by molar-refractivity contribution is -0.121. The number of amides is 1. The Morgan fingerprint density at radius 3 is 2.83 bits per heavy atom. The van der Waals surface area contributed by atoms with Crippen LogP contribution in [0.2, 0.25) is 0 Å². The van der Waals surface area contributed by atoms with E-state index in [0.29, 0.717) is 12.5 Å².